The quantitative estimate of drug-likeness (QED) is 0.792. The molecule has 17 heavy (non-hydrogen) atoms. The standard InChI is InChI=1S/C12H18BrFN2O/c1-3-4-8(7-17-2)16-12-6-10(14)9(13)5-11(12)15/h5-6,8,16H,3-4,7,15H2,1-2H3. The molecular weight excluding hydrogens is 287 g/mol. The summed E-state index contributed by atoms with van der Waals surface area (Å²) in [5.41, 5.74) is 6.97. The summed E-state index contributed by atoms with van der Waals surface area (Å²) in [6, 6.07) is 3.11. The first kappa shape index (κ1) is 14.3. The molecule has 0 spiro atoms. The molecule has 0 aliphatic carbocycles. The van der Waals surface area contributed by atoms with E-state index < -0.39 is 0 Å². The van der Waals surface area contributed by atoms with E-state index in [0.717, 1.165) is 12.8 Å². The molecule has 0 aliphatic rings. The highest BCUT2D eigenvalue weighted by Gasteiger charge is 2.11. The van der Waals surface area contributed by atoms with Gasteiger partial charge >= 0.3 is 0 Å². The van der Waals surface area contributed by atoms with E-state index in [1.807, 2.05) is 0 Å². The Bertz CT molecular complexity index is 368. The maximum Gasteiger partial charge on any atom is 0.139 e. The van der Waals surface area contributed by atoms with Gasteiger partial charge in [-0.1, -0.05) is 13.3 Å². The number of anilines is 2. The van der Waals surface area contributed by atoms with Crippen LogP contribution in [0, 0.1) is 5.82 Å². The van der Waals surface area contributed by atoms with Crippen LogP contribution in [0.2, 0.25) is 0 Å². The van der Waals surface area contributed by atoms with Gasteiger partial charge in [0.15, 0.2) is 0 Å². The van der Waals surface area contributed by atoms with Gasteiger partial charge in [0.25, 0.3) is 0 Å². The Kier molecular flexibility index (Phi) is 5.71. The lowest BCUT2D eigenvalue weighted by molar-refractivity contribution is 0.182. The third-order valence-electron chi connectivity index (χ3n) is 2.46. The van der Waals surface area contributed by atoms with Crippen molar-refractivity contribution in [2.45, 2.75) is 25.8 Å². The van der Waals surface area contributed by atoms with Gasteiger partial charge in [-0.25, -0.2) is 4.39 Å². The van der Waals surface area contributed by atoms with Crippen LogP contribution in [0.5, 0.6) is 0 Å². The molecule has 0 fully saturated rings. The third kappa shape index (κ3) is 4.16. The smallest absolute Gasteiger partial charge is 0.139 e. The van der Waals surface area contributed by atoms with Crippen LogP contribution in [0.4, 0.5) is 15.8 Å². The van der Waals surface area contributed by atoms with Crippen molar-refractivity contribution in [2.75, 3.05) is 24.8 Å². The highest BCUT2D eigenvalue weighted by molar-refractivity contribution is 9.10. The van der Waals surface area contributed by atoms with Crippen molar-refractivity contribution in [3.63, 3.8) is 0 Å². The maximum absolute atomic E-state index is 13.4. The zero-order chi connectivity index (χ0) is 12.8. The Morgan fingerprint density at radius 2 is 2.24 bits per heavy atom. The van der Waals surface area contributed by atoms with Crippen molar-refractivity contribution in [1.29, 1.82) is 0 Å². The topological polar surface area (TPSA) is 47.3 Å². The number of hydrogen-bond donors (Lipinski definition) is 2. The number of methoxy groups -OCH3 is 1. The number of rotatable bonds is 6. The van der Waals surface area contributed by atoms with Crippen LogP contribution in [-0.2, 0) is 4.74 Å². The van der Waals surface area contributed by atoms with Gasteiger partial charge in [0, 0.05) is 19.2 Å². The molecule has 5 heteroatoms. The first-order valence-electron chi connectivity index (χ1n) is 5.58. The highest BCUT2D eigenvalue weighted by Crippen LogP contribution is 2.27. The largest absolute Gasteiger partial charge is 0.397 e. The predicted molar refractivity (Wildman–Crippen MR) is 72.7 cm³/mol. The van der Waals surface area contributed by atoms with Crippen molar-refractivity contribution in [2.24, 2.45) is 0 Å². The molecule has 0 aromatic heterocycles. The van der Waals surface area contributed by atoms with Crippen molar-refractivity contribution < 1.29 is 9.13 Å². The lowest BCUT2D eigenvalue weighted by atomic mass is 10.1. The minimum atomic E-state index is -0.325. The number of nitrogens with two attached hydrogens (primary N) is 1. The SMILES string of the molecule is CCCC(COC)Nc1cc(F)c(Br)cc1N. The Hall–Kier alpha value is -0.810. The summed E-state index contributed by atoms with van der Waals surface area (Å²) in [4.78, 5) is 0. The number of nitrogens with one attached hydrogen (secondary N) is 1. The molecule has 96 valence electrons. The molecule has 0 amide bonds. The fourth-order valence-corrected chi connectivity index (χ4v) is 2.02. The maximum atomic E-state index is 13.4. The van der Waals surface area contributed by atoms with Crippen LogP contribution in [0.3, 0.4) is 0 Å². The van der Waals surface area contributed by atoms with E-state index in [0.29, 0.717) is 22.5 Å². The van der Waals surface area contributed by atoms with E-state index in [9.17, 15) is 4.39 Å². The molecule has 0 bridgehead atoms. The van der Waals surface area contributed by atoms with Crippen LogP contribution in [-0.4, -0.2) is 19.8 Å². The van der Waals surface area contributed by atoms with Crippen molar-refractivity contribution >= 4 is 27.3 Å². The third-order valence-corrected chi connectivity index (χ3v) is 3.06. The number of halogens is 2. The second-order valence-electron chi connectivity index (χ2n) is 3.94. The van der Waals surface area contributed by atoms with Crippen LogP contribution < -0.4 is 11.1 Å². The fourth-order valence-electron chi connectivity index (χ4n) is 1.65. The van der Waals surface area contributed by atoms with Gasteiger partial charge in [-0.05, 0) is 28.4 Å². The van der Waals surface area contributed by atoms with Crippen LogP contribution in [0.25, 0.3) is 0 Å². The van der Waals surface area contributed by atoms with Gasteiger partial charge in [0.1, 0.15) is 5.82 Å². The summed E-state index contributed by atoms with van der Waals surface area (Å²) in [5, 5.41) is 3.21. The van der Waals surface area contributed by atoms with Gasteiger partial charge < -0.3 is 15.8 Å². The van der Waals surface area contributed by atoms with E-state index in [1.165, 1.54) is 6.07 Å². The molecule has 1 atom stereocenters. The van der Waals surface area contributed by atoms with Crippen LogP contribution in [0.1, 0.15) is 19.8 Å². The number of benzene rings is 1. The molecule has 0 saturated heterocycles. The monoisotopic (exact) mass is 304 g/mol. The van der Waals surface area contributed by atoms with E-state index in [-0.39, 0.29) is 11.9 Å². The Labute approximate surface area is 110 Å². The number of hydrogen-bond acceptors (Lipinski definition) is 3. The first-order valence-corrected chi connectivity index (χ1v) is 6.37. The molecule has 0 radical (unpaired) electrons. The molecule has 1 aromatic rings. The Morgan fingerprint density at radius 3 is 2.82 bits per heavy atom. The molecule has 1 unspecified atom stereocenters. The van der Waals surface area contributed by atoms with Crippen molar-refractivity contribution in [3.8, 4) is 0 Å². The van der Waals surface area contributed by atoms with E-state index in [1.54, 1.807) is 13.2 Å². The molecule has 0 aliphatic heterocycles. The van der Waals surface area contributed by atoms with Gasteiger partial charge in [0.2, 0.25) is 0 Å². The fraction of sp³-hybridized carbons (Fsp3) is 0.500. The van der Waals surface area contributed by atoms with Gasteiger partial charge in [-0.3, -0.25) is 0 Å². The average Bonchev–Trinajstić information content (AvgIpc) is 2.26. The second-order valence-corrected chi connectivity index (χ2v) is 4.79. The Morgan fingerprint density at radius 1 is 1.53 bits per heavy atom. The summed E-state index contributed by atoms with van der Waals surface area (Å²) < 4.78 is 18.9. The van der Waals surface area contributed by atoms with Crippen LogP contribution >= 0.6 is 15.9 Å². The molecule has 0 saturated carbocycles. The molecule has 1 rings (SSSR count). The van der Waals surface area contributed by atoms with Gasteiger partial charge in [-0.2, -0.15) is 0 Å². The summed E-state index contributed by atoms with van der Waals surface area (Å²) in [5.74, 6) is -0.325. The summed E-state index contributed by atoms with van der Waals surface area (Å²) in [7, 11) is 1.65. The van der Waals surface area contributed by atoms with Gasteiger partial charge in [-0.15, -0.1) is 0 Å². The Balaban J connectivity index is 2.81. The predicted octanol–water partition coefficient (Wildman–Crippen LogP) is 3.40. The van der Waals surface area contributed by atoms with E-state index in [2.05, 4.69) is 28.2 Å². The molecule has 1 aromatic carbocycles. The normalized spacial score (nSPS) is 12.5. The summed E-state index contributed by atoms with van der Waals surface area (Å²) in [6.07, 6.45) is 1.98. The second kappa shape index (κ2) is 6.81. The summed E-state index contributed by atoms with van der Waals surface area (Å²) >= 11 is 3.10. The number of ether oxygens (including phenoxy) is 1. The highest BCUT2D eigenvalue weighted by atomic mass is 79.9. The van der Waals surface area contributed by atoms with Crippen molar-refractivity contribution in [3.05, 3.63) is 22.4 Å². The molecule has 0 heterocycles. The van der Waals surface area contributed by atoms with E-state index >= 15 is 0 Å². The summed E-state index contributed by atoms with van der Waals surface area (Å²) in [6.45, 7) is 2.67. The first-order chi connectivity index (χ1) is 8.08. The van der Waals surface area contributed by atoms with Gasteiger partial charge in [0.05, 0.1) is 22.5 Å². The van der Waals surface area contributed by atoms with Crippen LogP contribution in [0.15, 0.2) is 16.6 Å². The lowest BCUT2D eigenvalue weighted by Gasteiger charge is -2.20. The molecule has 3 N–H and O–H groups in total. The number of nitrogen functional groups attached to an aromatic ring is 1. The van der Waals surface area contributed by atoms with E-state index in [4.69, 9.17) is 10.5 Å². The van der Waals surface area contributed by atoms with Crippen molar-refractivity contribution in [1.82, 2.24) is 0 Å². The minimum absolute atomic E-state index is 0.146. The zero-order valence-corrected chi connectivity index (χ0v) is 11.7. The zero-order valence-electron chi connectivity index (χ0n) is 10.1. The lowest BCUT2D eigenvalue weighted by Crippen LogP contribution is -2.25. The average molecular weight is 305 g/mol. The molecular formula is C12H18BrFN2O. The molecule has 3 nitrogen and oxygen atoms in total. The minimum Gasteiger partial charge on any atom is -0.397 e.